The molecule has 14 nitrogen and oxygen atoms in total. The molecule has 248 valence electrons. The second-order valence-electron chi connectivity index (χ2n) is 9.78. The predicted octanol–water partition coefficient (Wildman–Crippen LogP) is 2.85. The van der Waals surface area contributed by atoms with Crippen molar-refractivity contribution >= 4 is 28.8 Å². The number of piperidine rings is 1. The van der Waals surface area contributed by atoms with Crippen molar-refractivity contribution in [3.8, 4) is 29.1 Å². The van der Waals surface area contributed by atoms with Gasteiger partial charge in [-0.2, -0.15) is 26.3 Å². The molecule has 0 amide bonds. The summed E-state index contributed by atoms with van der Waals surface area (Å²) in [6.45, 7) is 8.38. The minimum atomic E-state index is -5.08. The summed E-state index contributed by atoms with van der Waals surface area (Å²) in [5.74, 6) is 1.93. The van der Waals surface area contributed by atoms with E-state index < -0.39 is 29.9 Å². The van der Waals surface area contributed by atoms with Gasteiger partial charge in [0.25, 0.3) is 0 Å². The van der Waals surface area contributed by atoms with Crippen molar-refractivity contribution < 1.29 is 60.6 Å². The molecule has 0 spiro atoms. The molecule has 3 aromatic rings. The summed E-state index contributed by atoms with van der Waals surface area (Å²) >= 11 is 0. The molecule has 1 saturated heterocycles. The van der Waals surface area contributed by atoms with Crippen LogP contribution in [0.4, 0.5) is 32.2 Å². The lowest BCUT2D eigenvalue weighted by molar-refractivity contribution is -0.193. The number of carboxylic acids is 2. The smallest absolute Gasteiger partial charge is 0.489 e. The number of alkyl halides is 6. The van der Waals surface area contributed by atoms with E-state index in [4.69, 9.17) is 39.9 Å². The van der Waals surface area contributed by atoms with E-state index in [1.807, 2.05) is 11.5 Å². The Hall–Kier alpha value is -4.64. The number of fused-ring (bicyclic) bond motifs is 1. The number of pyridine rings is 1. The molecular formula is C25H29F6N7O7. The highest BCUT2D eigenvalue weighted by Gasteiger charge is 2.39. The van der Waals surface area contributed by atoms with Gasteiger partial charge in [0.1, 0.15) is 22.3 Å². The minimum Gasteiger partial charge on any atom is -0.489 e. The van der Waals surface area contributed by atoms with Gasteiger partial charge in [-0.3, -0.25) is 0 Å². The van der Waals surface area contributed by atoms with E-state index in [2.05, 4.69) is 32.5 Å². The van der Waals surface area contributed by atoms with Crippen LogP contribution < -0.4 is 15.8 Å². The normalized spacial score (nSPS) is 15.1. The number of halogens is 6. The Labute approximate surface area is 250 Å². The largest absolute Gasteiger partial charge is 0.490 e. The zero-order valence-corrected chi connectivity index (χ0v) is 24.0. The third-order valence-corrected chi connectivity index (χ3v) is 5.62. The molecule has 1 fully saturated rings. The highest BCUT2D eigenvalue weighted by atomic mass is 19.4. The van der Waals surface area contributed by atoms with Crippen LogP contribution in [0.1, 0.15) is 39.3 Å². The number of nitrogens with one attached hydrogen (secondary N) is 1. The van der Waals surface area contributed by atoms with E-state index in [1.54, 1.807) is 20.0 Å². The molecule has 3 aromatic heterocycles. The number of carboxylic acid groups (broad SMARTS) is 2. The average Bonchev–Trinajstić information content (AvgIpc) is 3.54. The van der Waals surface area contributed by atoms with Crippen molar-refractivity contribution in [2.45, 2.75) is 58.1 Å². The van der Waals surface area contributed by atoms with Crippen LogP contribution in [0.25, 0.3) is 22.6 Å². The molecular weight excluding hydrogens is 624 g/mol. The Kier molecular flexibility index (Phi) is 12.1. The quantitative estimate of drug-likeness (QED) is 0.198. The molecule has 1 atom stereocenters. The topological polar surface area (TPSA) is 212 Å². The number of aromatic nitrogens is 5. The lowest BCUT2D eigenvalue weighted by Gasteiger charge is -2.23. The second-order valence-corrected chi connectivity index (χ2v) is 9.78. The van der Waals surface area contributed by atoms with Gasteiger partial charge in [-0.05, 0) is 56.4 Å². The van der Waals surface area contributed by atoms with E-state index in [0.29, 0.717) is 47.5 Å². The first-order valence-corrected chi connectivity index (χ1v) is 12.9. The molecule has 0 radical (unpaired) electrons. The molecule has 0 bridgehead atoms. The van der Waals surface area contributed by atoms with Crippen LogP contribution in [-0.2, 0) is 16.1 Å². The number of rotatable bonds is 5. The van der Waals surface area contributed by atoms with Gasteiger partial charge in [0.2, 0.25) is 0 Å². The fraction of sp³-hybridized carbons (Fsp3) is 0.520. The number of aliphatic hydroxyl groups is 1. The standard InChI is InChI=1S/C21H27N7O3.2C2HF3O2/c1-4-28-18-15(30-12-13-6-5-9-23-10-13)11-24-14(7-8-21(2,3)29)16(18)25-20(28)17-19(22)27-31-26-17;2*3-2(4,5)1(6)7/h11,13,23,29H,4-6,9-10,12H2,1-3H3,(H2,22,27);2*(H,6,7)/t13-;;/m1../s1. The van der Waals surface area contributed by atoms with E-state index in [0.717, 1.165) is 31.4 Å². The molecule has 20 heteroatoms. The van der Waals surface area contributed by atoms with Crippen molar-refractivity contribution in [3.63, 3.8) is 0 Å². The van der Waals surface area contributed by atoms with E-state index >= 15 is 0 Å². The van der Waals surface area contributed by atoms with Crippen LogP contribution in [0.2, 0.25) is 0 Å². The fourth-order valence-corrected chi connectivity index (χ4v) is 3.64. The van der Waals surface area contributed by atoms with Crippen molar-refractivity contribution in [3.05, 3.63) is 11.9 Å². The van der Waals surface area contributed by atoms with Gasteiger partial charge in [-0.25, -0.2) is 24.2 Å². The third-order valence-electron chi connectivity index (χ3n) is 5.62. The Bertz CT molecular complexity index is 1510. The number of aliphatic carboxylic acids is 2. The summed E-state index contributed by atoms with van der Waals surface area (Å²) in [6.07, 6.45) is -6.24. The molecule has 0 saturated carbocycles. The van der Waals surface area contributed by atoms with Crippen LogP contribution in [0.3, 0.4) is 0 Å². The predicted molar refractivity (Wildman–Crippen MR) is 143 cm³/mol. The Morgan fingerprint density at radius 3 is 2.20 bits per heavy atom. The Morgan fingerprint density at radius 2 is 1.76 bits per heavy atom. The molecule has 1 aliphatic heterocycles. The number of imidazole rings is 1. The summed E-state index contributed by atoms with van der Waals surface area (Å²) in [7, 11) is 0. The van der Waals surface area contributed by atoms with E-state index in [-0.39, 0.29) is 5.82 Å². The van der Waals surface area contributed by atoms with E-state index in [1.165, 1.54) is 0 Å². The van der Waals surface area contributed by atoms with Crippen molar-refractivity contribution in [1.82, 2.24) is 30.2 Å². The summed E-state index contributed by atoms with van der Waals surface area (Å²) in [4.78, 5) is 27.0. The first-order valence-electron chi connectivity index (χ1n) is 12.9. The number of anilines is 1. The molecule has 1 aliphatic rings. The average molecular weight is 654 g/mol. The molecule has 6 N–H and O–H groups in total. The molecule has 4 heterocycles. The van der Waals surface area contributed by atoms with Gasteiger partial charge in [0.05, 0.1) is 12.8 Å². The highest BCUT2D eigenvalue weighted by Crippen LogP contribution is 2.33. The number of nitrogens with two attached hydrogens (primary N) is 1. The van der Waals surface area contributed by atoms with Crippen molar-refractivity contribution in [2.24, 2.45) is 5.92 Å². The van der Waals surface area contributed by atoms with Crippen molar-refractivity contribution in [1.29, 1.82) is 0 Å². The number of hydrogen-bond donors (Lipinski definition) is 5. The molecule has 0 aliphatic carbocycles. The van der Waals surface area contributed by atoms with Crippen LogP contribution in [0.5, 0.6) is 5.75 Å². The van der Waals surface area contributed by atoms with Crippen LogP contribution in [0.15, 0.2) is 10.8 Å². The Morgan fingerprint density at radius 1 is 1.16 bits per heavy atom. The highest BCUT2D eigenvalue weighted by molar-refractivity contribution is 5.89. The fourth-order valence-electron chi connectivity index (χ4n) is 3.64. The SMILES string of the molecule is CCn1c(-c2nonc2N)nc2c(C#CC(C)(C)O)ncc(OC[C@@H]3CCCNC3)c21.O=C(O)C(F)(F)F.O=C(O)C(F)(F)F. The lowest BCUT2D eigenvalue weighted by atomic mass is 10.0. The maximum atomic E-state index is 10.6. The molecule has 0 unspecified atom stereocenters. The summed E-state index contributed by atoms with van der Waals surface area (Å²) in [6, 6.07) is 0. The zero-order valence-electron chi connectivity index (χ0n) is 24.0. The molecule has 4 rings (SSSR count). The summed E-state index contributed by atoms with van der Waals surface area (Å²) in [5.41, 5.74) is 6.86. The lowest BCUT2D eigenvalue weighted by Crippen LogP contribution is -2.33. The van der Waals surface area contributed by atoms with Crippen molar-refractivity contribution in [2.75, 3.05) is 25.4 Å². The number of hydrogen-bond acceptors (Lipinski definition) is 11. The van der Waals surface area contributed by atoms with Crippen LogP contribution in [-0.4, -0.2) is 89.8 Å². The van der Waals surface area contributed by atoms with E-state index in [9.17, 15) is 31.4 Å². The molecule has 0 aromatic carbocycles. The summed E-state index contributed by atoms with van der Waals surface area (Å²) in [5, 5.41) is 35.3. The zero-order chi connectivity index (χ0) is 34.2. The van der Waals surface area contributed by atoms with Gasteiger partial charge in [0, 0.05) is 19.0 Å². The van der Waals surface area contributed by atoms with Crippen LogP contribution >= 0.6 is 0 Å². The minimum absolute atomic E-state index is 0.151. The number of nitrogen functional groups attached to an aromatic ring is 1. The first kappa shape index (κ1) is 36.6. The number of ether oxygens (including phenoxy) is 1. The van der Waals surface area contributed by atoms with Gasteiger partial charge < -0.3 is 35.7 Å². The molecule has 45 heavy (non-hydrogen) atoms. The second kappa shape index (κ2) is 14.9. The number of aryl methyl sites for hydroxylation is 1. The van der Waals surface area contributed by atoms with Gasteiger partial charge in [-0.15, -0.1) is 0 Å². The maximum absolute atomic E-state index is 10.6. The van der Waals surface area contributed by atoms with Gasteiger partial charge >= 0.3 is 24.3 Å². The van der Waals surface area contributed by atoms with Crippen LogP contribution in [0, 0.1) is 17.8 Å². The van der Waals surface area contributed by atoms with Gasteiger partial charge in [0.15, 0.2) is 23.1 Å². The van der Waals surface area contributed by atoms with Gasteiger partial charge in [-0.1, -0.05) is 5.92 Å². The third kappa shape index (κ3) is 10.8. The summed E-state index contributed by atoms with van der Waals surface area (Å²) < 4.78 is 76.4. The Balaban J connectivity index is 0.000000421. The number of carbonyl (C=O) groups is 2. The monoisotopic (exact) mass is 653 g/mol. The first-order chi connectivity index (χ1) is 20.8. The number of nitrogens with zero attached hydrogens (tertiary/aromatic N) is 5. The maximum Gasteiger partial charge on any atom is 0.490 e.